The zero-order valence-corrected chi connectivity index (χ0v) is 29.9. The van der Waals surface area contributed by atoms with Gasteiger partial charge in [0.25, 0.3) is 0 Å². The summed E-state index contributed by atoms with van der Waals surface area (Å²) in [5.41, 5.74) is 4.34. The minimum Gasteiger partial charge on any atom is -0.482 e. The van der Waals surface area contributed by atoms with E-state index in [1.54, 1.807) is 24.1 Å². The van der Waals surface area contributed by atoms with Crippen molar-refractivity contribution >= 4 is 34.6 Å². The summed E-state index contributed by atoms with van der Waals surface area (Å²) >= 11 is 0. The van der Waals surface area contributed by atoms with Crippen molar-refractivity contribution in [1.29, 1.82) is 0 Å². The Bertz CT molecular complexity index is 1840. The zero-order chi connectivity index (χ0) is 36.1. The molecule has 4 aromatic rings. The molecule has 0 bridgehead atoms. The minimum atomic E-state index is -1.03. The standard InChI is InChI=1S/C40H48N4O7/c1-40(2,3)51-39(48)42-20-21-43(32-10-7-9-29(23-32)28-13-17-33(18-14-28)50-27-37(45)46)36(26-42)38(47)44(31-15-16-31)25-30-24-41(19-8-22-49-4)35-12-6-5-11-34(30)35/h5-7,9-14,17-18,23-24,31,36H,8,15-16,19-22,25-27H2,1-4H3,(H,45,46). The number of aromatic nitrogens is 1. The molecule has 0 radical (unpaired) electrons. The summed E-state index contributed by atoms with van der Waals surface area (Å²) in [5.74, 6) is -0.570. The molecule has 2 amide bonds. The van der Waals surface area contributed by atoms with E-state index in [2.05, 4.69) is 33.9 Å². The highest BCUT2D eigenvalue weighted by molar-refractivity contribution is 5.89. The Labute approximate surface area is 299 Å². The molecule has 3 aromatic carbocycles. The van der Waals surface area contributed by atoms with Crippen molar-refractivity contribution in [3.05, 3.63) is 84.6 Å². The van der Waals surface area contributed by atoms with Gasteiger partial charge >= 0.3 is 12.1 Å². The normalized spacial score (nSPS) is 16.3. The lowest BCUT2D eigenvalue weighted by molar-refractivity contribution is -0.139. The number of anilines is 1. The number of rotatable bonds is 13. The van der Waals surface area contributed by atoms with Crippen LogP contribution >= 0.6 is 0 Å². The van der Waals surface area contributed by atoms with Gasteiger partial charge < -0.3 is 38.6 Å². The van der Waals surface area contributed by atoms with Crippen molar-refractivity contribution in [3.63, 3.8) is 0 Å². The van der Waals surface area contributed by atoms with Crippen LogP contribution in [0.1, 0.15) is 45.6 Å². The Morgan fingerprint density at radius 3 is 2.41 bits per heavy atom. The number of hydrogen-bond donors (Lipinski definition) is 1. The lowest BCUT2D eigenvalue weighted by atomic mass is 10.0. The zero-order valence-electron chi connectivity index (χ0n) is 29.9. The first kappa shape index (κ1) is 35.8. The molecule has 270 valence electrons. The first-order valence-corrected chi connectivity index (χ1v) is 17.7. The van der Waals surface area contributed by atoms with E-state index in [0.29, 0.717) is 32.0 Å². The molecular formula is C40H48N4O7. The number of methoxy groups -OCH3 is 1. The van der Waals surface area contributed by atoms with E-state index in [1.807, 2.05) is 68.1 Å². The molecule has 1 unspecified atom stereocenters. The number of carbonyl (C=O) groups excluding carboxylic acids is 2. The van der Waals surface area contributed by atoms with E-state index < -0.39 is 30.3 Å². The van der Waals surface area contributed by atoms with Gasteiger partial charge in [-0.05, 0) is 87.1 Å². The average molecular weight is 697 g/mol. The molecule has 11 heteroatoms. The minimum absolute atomic E-state index is 0.00712. The second-order valence-electron chi connectivity index (χ2n) is 14.3. The number of carbonyl (C=O) groups is 3. The molecular weight excluding hydrogens is 648 g/mol. The van der Waals surface area contributed by atoms with Crippen molar-refractivity contribution in [1.82, 2.24) is 14.4 Å². The molecule has 1 aliphatic heterocycles. The number of benzene rings is 3. The van der Waals surface area contributed by atoms with E-state index in [4.69, 9.17) is 19.3 Å². The average Bonchev–Trinajstić information content (AvgIpc) is 3.91. The summed E-state index contributed by atoms with van der Waals surface area (Å²) in [6.07, 6.45) is 4.54. The van der Waals surface area contributed by atoms with Crippen LogP contribution in [0.15, 0.2) is 79.0 Å². The van der Waals surface area contributed by atoms with Crippen LogP contribution in [-0.4, -0.2) is 95.1 Å². The number of para-hydroxylation sites is 1. The number of aryl methyl sites for hydroxylation is 1. The maximum atomic E-state index is 14.9. The Morgan fingerprint density at radius 1 is 0.941 bits per heavy atom. The second kappa shape index (κ2) is 15.5. The van der Waals surface area contributed by atoms with Crippen molar-refractivity contribution in [2.75, 3.05) is 44.9 Å². The summed E-state index contributed by atoms with van der Waals surface area (Å²) < 4.78 is 18.6. The topological polar surface area (TPSA) is 114 Å². The van der Waals surface area contributed by atoms with E-state index in [0.717, 1.165) is 59.1 Å². The van der Waals surface area contributed by atoms with Crippen LogP contribution in [-0.2, 0) is 32.2 Å². The molecule has 1 saturated carbocycles. The Morgan fingerprint density at radius 2 is 1.71 bits per heavy atom. The molecule has 51 heavy (non-hydrogen) atoms. The Hall–Kier alpha value is -5.03. The first-order chi connectivity index (χ1) is 24.5. The van der Waals surface area contributed by atoms with Crippen LogP contribution in [0.3, 0.4) is 0 Å². The number of hydrogen-bond acceptors (Lipinski definition) is 7. The predicted octanol–water partition coefficient (Wildman–Crippen LogP) is 6.43. The first-order valence-electron chi connectivity index (χ1n) is 17.7. The molecule has 0 spiro atoms. The SMILES string of the molecule is COCCCn1cc(CN(C(=O)C2CN(C(=O)OC(C)(C)C)CCN2c2cccc(-c3ccc(OCC(=O)O)cc3)c2)C2CC2)c2ccccc21. The fourth-order valence-corrected chi connectivity index (χ4v) is 6.71. The van der Waals surface area contributed by atoms with E-state index >= 15 is 0 Å². The van der Waals surface area contributed by atoms with E-state index in [9.17, 15) is 14.4 Å². The molecule has 6 rings (SSSR count). The van der Waals surface area contributed by atoms with Gasteiger partial charge in [-0.1, -0.05) is 42.5 Å². The fourth-order valence-electron chi connectivity index (χ4n) is 6.71. The highest BCUT2D eigenvalue weighted by Crippen LogP contribution is 2.34. The number of ether oxygens (including phenoxy) is 3. The van der Waals surface area contributed by atoms with Gasteiger partial charge in [-0.25, -0.2) is 9.59 Å². The second-order valence-corrected chi connectivity index (χ2v) is 14.3. The number of nitrogens with zero attached hydrogens (tertiary/aromatic N) is 4. The molecule has 2 aliphatic rings. The summed E-state index contributed by atoms with van der Waals surface area (Å²) in [5, 5.41) is 10.1. The third-order valence-electron chi connectivity index (χ3n) is 9.27. The molecule has 1 atom stereocenters. The third-order valence-corrected chi connectivity index (χ3v) is 9.27. The van der Waals surface area contributed by atoms with Gasteiger partial charge in [0.2, 0.25) is 5.91 Å². The van der Waals surface area contributed by atoms with Gasteiger partial charge in [-0.3, -0.25) is 4.79 Å². The summed E-state index contributed by atoms with van der Waals surface area (Å²) in [7, 11) is 1.71. The van der Waals surface area contributed by atoms with E-state index in [1.165, 1.54) is 0 Å². The highest BCUT2D eigenvalue weighted by atomic mass is 16.6. The number of carboxylic acids is 1. The highest BCUT2D eigenvalue weighted by Gasteiger charge is 2.42. The van der Waals surface area contributed by atoms with Crippen LogP contribution in [0.25, 0.3) is 22.0 Å². The molecule has 11 nitrogen and oxygen atoms in total. The van der Waals surface area contributed by atoms with Gasteiger partial charge in [0.05, 0.1) is 6.54 Å². The summed E-state index contributed by atoms with van der Waals surface area (Å²) in [4.78, 5) is 45.0. The third kappa shape index (κ3) is 8.83. The maximum absolute atomic E-state index is 14.9. The Kier molecular flexibility index (Phi) is 10.9. The molecule has 1 aromatic heterocycles. The largest absolute Gasteiger partial charge is 0.482 e. The monoisotopic (exact) mass is 696 g/mol. The van der Waals surface area contributed by atoms with Crippen LogP contribution in [0, 0.1) is 0 Å². The molecule has 1 aliphatic carbocycles. The van der Waals surface area contributed by atoms with Crippen LogP contribution in [0.5, 0.6) is 5.75 Å². The summed E-state index contributed by atoms with van der Waals surface area (Å²) in [6, 6.07) is 23.2. The van der Waals surface area contributed by atoms with Crippen molar-refractivity contribution in [2.24, 2.45) is 0 Å². The predicted molar refractivity (Wildman–Crippen MR) is 196 cm³/mol. The fraction of sp³-hybridized carbons (Fsp3) is 0.425. The molecule has 1 saturated heterocycles. The smallest absolute Gasteiger partial charge is 0.410 e. The lowest BCUT2D eigenvalue weighted by Crippen LogP contribution is -2.61. The lowest BCUT2D eigenvalue weighted by Gasteiger charge is -2.43. The quantitative estimate of drug-likeness (QED) is 0.159. The van der Waals surface area contributed by atoms with Crippen molar-refractivity contribution in [3.8, 4) is 16.9 Å². The van der Waals surface area contributed by atoms with E-state index in [-0.39, 0.29) is 18.5 Å². The van der Waals surface area contributed by atoms with Gasteiger partial charge in [-0.15, -0.1) is 0 Å². The number of piperazine rings is 1. The van der Waals surface area contributed by atoms with Gasteiger partial charge in [0, 0.05) is 68.7 Å². The van der Waals surface area contributed by atoms with Gasteiger partial charge in [0.15, 0.2) is 6.61 Å². The Balaban J connectivity index is 1.30. The number of aliphatic carboxylic acids is 1. The molecule has 2 fully saturated rings. The van der Waals surface area contributed by atoms with Gasteiger partial charge in [0.1, 0.15) is 17.4 Å². The molecule has 1 N–H and O–H groups in total. The van der Waals surface area contributed by atoms with Crippen LogP contribution in [0.4, 0.5) is 10.5 Å². The van der Waals surface area contributed by atoms with Crippen molar-refractivity contribution < 1.29 is 33.7 Å². The van der Waals surface area contributed by atoms with Crippen LogP contribution in [0.2, 0.25) is 0 Å². The number of amides is 2. The van der Waals surface area contributed by atoms with Gasteiger partial charge in [-0.2, -0.15) is 0 Å². The van der Waals surface area contributed by atoms with Crippen molar-refractivity contribution in [2.45, 2.75) is 70.8 Å². The number of fused-ring (bicyclic) bond motifs is 1. The maximum Gasteiger partial charge on any atom is 0.410 e. The number of carboxylic acid groups (broad SMARTS) is 1. The molecule has 2 heterocycles. The van der Waals surface area contributed by atoms with Crippen LogP contribution < -0.4 is 9.64 Å². The summed E-state index contributed by atoms with van der Waals surface area (Å²) in [6.45, 7) is 8.18.